The molecule has 0 aromatic carbocycles. The van der Waals surface area contributed by atoms with Crippen molar-refractivity contribution in [2.24, 2.45) is 5.73 Å². The molecule has 1 aromatic rings. The fourth-order valence-corrected chi connectivity index (χ4v) is 1.54. The third kappa shape index (κ3) is 4.26. The van der Waals surface area contributed by atoms with Gasteiger partial charge in [-0.25, -0.2) is 4.98 Å². The van der Waals surface area contributed by atoms with Crippen LogP contribution in [0.5, 0.6) is 0 Å². The van der Waals surface area contributed by atoms with Gasteiger partial charge < -0.3 is 15.6 Å². The molecule has 1 aromatic heterocycles. The van der Waals surface area contributed by atoms with E-state index in [1.54, 1.807) is 11.8 Å². The molecule has 0 unspecified atom stereocenters. The quantitative estimate of drug-likeness (QED) is 0.739. The number of unbranched alkanes of at least 4 members (excludes halogenated alkanes) is 1. The molecule has 0 radical (unpaired) electrons. The minimum absolute atomic E-state index is 0.0793. The van der Waals surface area contributed by atoms with Gasteiger partial charge in [0.15, 0.2) is 0 Å². The molecule has 0 bridgehead atoms. The first-order valence-corrected chi connectivity index (χ1v) is 5.64. The van der Waals surface area contributed by atoms with E-state index < -0.39 is 5.91 Å². The first-order valence-electron chi connectivity index (χ1n) is 5.64. The topological polar surface area (TPSA) is 92.1 Å². The van der Waals surface area contributed by atoms with Crippen molar-refractivity contribution in [1.29, 1.82) is 0 Å². The Hall–Kier alpha value is -1.85. The van der Waals surface area contributed by atoms with Crippen LogP contribution < -0.4 is 16.2 Å². The minimum atomic E-state index is -0.430. The Morgan fingerprint density at radius 2 is 2.29 bits per heavy atom. The molecule has 6 heteroatoms. The zero-order valence-electron chi connectivity index (χ0n) is 10.2. The summed E-state index contributed by atoms with van der Waals surface area (Å²) in [6.45, 7) is 4.50. The van der Waals surface area contributed by atoms with Gasteiger partial charge in [-0.05, 0) is 13.3 Å². The van der Waals surface area contributed by atoms with Gasteiger partial charge >= 0.3 is 0 Å². The summed E-state index contributed by atoms with van der Waals surface area (Å²) >= 11 is 0. The predicted molar refractivity (Wildman–Crippen MR) is 65.9 cm³/mol. The molecule has 0 saturated carbocycles. The van der Waals surface area contributed by atoms with Crippen LogP contribution in [0, 0.1) is 6.92 Å². The third-order valence-electron chi connectivity index (χ3n) is 2.30. The molecule has 0 spiro atoms. The van der Waals surface area contributed by atoms with Gasteiger partial charge in [0.05, 0.1) is 6.54 Å². The van der Waals surface area contributed by atoms with Crippen LogP contribution in [0.1, 0.15) is 25.6 Å². The van der Waals surface area contributed by atoms with Gasteiger partial charge in [-0.15, -0.1) is 0 Å². The first kappa shape index (κ1) is 13.2. The summed E-state index contributed by atoms with van der Waals surface area (Å²) in [4.78, 5) is 30.8. The van der Waals surface area contributed by atoms with E-state index in [0.29, 0.717) is 18.2 Å². The molecule has 0 saturated heterocycles. The average molecular weight is 238 g/mol. The van der Waals surface area contributed by atoms with Crippen molar-refractivity contribution in [2.45, 2.75) is 26.7 Å². The van der Waals surface area contributed by atoms with Crippen molar-refractivity contribution in [2.75, 3.05) is 18.0 Å². The number of primary amides is 1. The number of aryl methyl sites for hydroxylation is 1. The Morgan fingerprint density at radius 1 is 1.59 bits per heavy atom. The second-order valence-corrected chi connectivity index (χ2v) is 3.93. The van der Waals surface area contributed by atoms with Crippen molar-refractivity contribution in [1.82, 2.24) is 9.97 Å². The minimum Gasteiger partial charge on any atom is -0.368 e. The zero-order valence-corrected chi connectivity index (χ0v) is 10.2. The standard InChI is InChI=1S/C11H18N4O2/c1-3-4-5-15(7-9(12)16)10-6-11(17)14-8(2)13-10/h6H,3-5,7H2,1-2H3,(H2,12,16)(H,13,14,17). The van der Waals surface area contributed by atoms with Gasteiger partial charge in [0.25, 0.3) is 5.56 Å². The van der Waals surface area contributed by atoms with Crippen LogP contribution in [-0.2, 0) is 4.79 Å². The number of hydrogen-bond acceptors (Lipinski definition) is 4. The van der Waals surface area contributed by atoms with Gasteiger partial charge in [0.2, 0.25) is 5.91 Å². The Kier molecular flexibility index (Phi) is 4.68. The molecule has 94 valence electrons. The Labute approximate surface area is 99.8 Å². The summed E-state index contributed by atoms with van der Waals surface area (Å²) in [7, 11) is 0. The molecule has 1 amide bonds. The molecule has 3 N–H and O–H groups in total. The zero-order chi connectivity index (χ0) is 12.8. The summed E-state index contributed by atoms with van der Waals surface area (Å²) in [5.41, 5.74) is 4.96. The summed E-state index contributed by atoms with van der Waals surface area (Å²) in [6, 6.07) is 1.38. The van der Waals surface area contributed by atoms with E-state index in [1.807, 2.05) is 0 Å². The van der Waals surface area contributed by atoms with Gasteiger partial charge in [0, 0.05) is 12.6 Å². The normalized spacial score (nSPS) is 10.2. The van der Waals surface area contributed by atoms with Crippen molar-refractivity contribution in [3.8, 4) is 0 Å². The number of hydrogen-bond donors (Lipinski definition) is 2. The van der Waals surface area contributed by atoms with Crippen molar-refractivity contribution in [3.63, 3.8) is 0 Å². The predicted octanol–water partition coefficient (Wildman–Crippen LogP) is 0.170. The summed E-state index contributed by atoms with van der Waals surface area (Å²) in [5, 5.41) is 0. The SMILES string of the molecule is CCCCN(CC(N)=O)c1cc(=O)[nH]c(C)n1. The Balaban J connectivity index is 2.94. The molecule has 6 nitrogen and oxygen atoms in total. The highest BCUT2D eigenvalue weighted by atomic mass is 16.1. The molecular formula is C11H18N4O2. The highest BCUT2D eigenvalue weighted by molar-refractivity contribution is 5.79. The number of nitrogens with one attached hydrogen (secondary N) is 1. The average Bonchev–Trinajstić information content (AvgIpc) is 2.22. The summed E-state index contributed by atoms with van der Waals surface area (Å²) < 4.78 is 0. The lowest BCUT2D eigenvalue weighted by atomic mass is 10.3. The lowest BCUT2D eigenvalue weighted by Gasteiger charge is -2.21. The number of rotatable bonds is 6. The van der Waals surface area contributed by atoms with E-state index in [1.165, 1.54) is 6.07 Å². The van der Waals surface area contributed by atoms with Crippen LogP contribution in [0.2, 0.25) is 0 Å². The monoisotopic (exact) mass is 238 g/mol. The maximum atomic E-state index is 11.3. The Morgan fingerprint density at radius 3 is 2.82 bits per heavy atom. The largest absolute Gasteiger partial charge is 0.368 e. The number of carbonyl (C=O) groups is 1. The van der Waals surface area contributed by atoms with E-state index >= 15 is 0 Å². The fourth-order valence-electron chi connectivity index (χ4n) is 1.54. The molecule has 0 aliphatic rings. The lowest BCUT2D eigenvalue weighted by Crippen LogP contribution is -2.36. The highest BCUT2D eigenvalue weighted by Gasteiger charge is 2.11. The maximum Gasteiger partial charge on any atom is 0.252 e. The van der Waals surface area contributed by atoms with E-state index in [-0.39, 0.29) is 12.1 Å². The van der Waals surface area contributed by atoms with Crippen LogP contribution in [0.3, 0.4) is 0 Å². The van der Waals surface area contributed by atoms with Gasteiger partial charge in [-0.2, -0.15) is 0 Å². The van der Waals surface area contributed by atoms with Crippen LogP contribution in [0.4, 0.5) is 5.82 Å². The van der Waals surface area contributed by atoms with Crippen LogP contribution in [0.15, 0.2) is 10.9 Å². The molecule has 0 atom stereocenters. The van der Waals surface area contributed by atoms with Gasteiger partial charge in [0.1, 0.15) is 11.6 Å². The van der Waals surface area contributed by atoms with Crippen LogP contribution >= 0.6 is 0 Å². The molecule has 0 aliphatic carbocycles. The number of aromatic amines is 1. The van der Waals surface area contributed by atoms with E-state index in [0.717, 1.165) is 12.8 Å². The maximum absolute atomic E-state index is 11.3. The summed E-state index contributed by atoms with van der Waals surface area (Å²) in [6.07, 6.45) is 1.91. The lowest BCUT2D eigenvalue weighted by molar-refractivity contribution is -0.116. The Bertz CT molecular complexity index is 441. The van der Waals surface area contributed by atoms with Crippen molar-refractivity contribution >= 4 is 11.7 Å². The second-order valence-electron chi connectivity index (χ2n) is 3.93. The van der Waals surface area contributed by atoms with E-state index in [9.17, 15) is 9.59 Å². The third-order valence-corrected chi connectivity index (χ3v) is 2.30. The van der Waals surface area contributed by atoms with E-state index in [4.69, 9.17) is 5.73 Å². The second kappa shape index (κ2) is 6.03. The summed E-state index contributed by atoms with van der Waals surface area (Å²) in [5.74, 6) is 0.595. The van der Waals surface area contributed by atoms with Crippen molar-refractivity contribution in [3.05, 3.63) is 22.2 Å². The fraction of sp³-hybridized carbons (Fsp3) is 0.545. The number of carbonyl (C=O) groups excluding carboxylic acids is 1. The highest BCUT2D eigenvalue weighted by Crippen LogP contribution is 2.08. The van der Waals surface area contributed by atoms with Gasteiger partial charge in [-0.3, -0.25) is 9.59 Å². The molecule has 0 fully saturated rings. The number of nitrogens with zero attached hydrogens (tertiary/aromatic N) is 2. The van der Waals surface area contributed by atoms with Crippen LogP contribution in [0.25, 0.3) is 0 Å². The number of anilines is 1. The number of H-pyrrole nitrogens is 1. The molecule has 1 heterocycles. The molecule has 0 aliphatic heterocycles. The smallest absolute Gasteiger partial charge is 0.252 e. The van der Waals surface area contributed by atoms with Crippen LogP contribution in [-0.4, -0.2) is 29.0 Å². The number of nitrogens with two attached hydrogens (primary N) is 1. The molecular weight excluding hydrogens is 220 g/mol. The molecule has 17 heavy (non-hydrogen) atoms. The van der Waals surface area contributed by atoms with Gasteiger partial charge in [-0.1, -0.05) is 13.3 Å². The number of amides is 1. The first-order chi connectivity index (χ1) is 8.02. The van der Waals surface area contributed by atoms with Crippen molar-refractivity contribution < 1.29 is 4.79 Å². The molecule has 1 rings (SSSR count). The van der Waals surface area contributed by atoms with E-state index in [2.05, 4.69) is 16.9 Å². The number of aromatic nitrogens is 2.